The maximum Gasteiger partial charge on any atom is 0.188 e. The molecule has 5 atom stereocenters. The van der Waals surface area contributed by atoms with Crippen molar-refractivity contribution in [3.05, 3.63) is 48.0 Å². The lowest BCUT2D eigenvalue weighted by Crippen LogP contribution is -2.44. The van der Waals surface area contributed by atoms with E-state index in [0.29, 0.717) is 24.8 Å². The van der Waals surface area contributed by atoms with E-state index in [9.17, 15) is 10.2 Å². The van der Waals surface area contributed by atoms with Gasteiger partial charge in [-0.3, -0.25) is 4.99 Å². The number of nitrogens with two attached hydrogens (primary N) is 1. The van der Waals surface area contributed by atoms with Crippen LogP contribution in [0.4, 0.5) is 0 Å². The monoisotopic (exact) mass is 427 g/mol. The summed E-state index contributed by atoms with van der Waals surface area (Å²) in [6.45, 7) is 7.01. The van der Waals surface area contributed by atoms with E-state index < -0.39 is 11.2 Å². The topological polar surface area (TPSA) is 90.9 Å². The molecule has 5 N–H and O–H groups in total. The molecular weight excluding hydrogens is 386 g/mol. The molecule has 5 unspecified atom stereocenters. The van der Waals surface area contributed by atoms with Crippen LogP contribution < -0.4 is 11.1 Å². The quantitative estimate of drug-likeness (QED) is 0.289. The van der Waals surface area contributed by atoms with Crippen molar-refractivity contribution in [3.8, 4) is 0 Å². The standard InChI is InChI=1S/C26H41N3O2/c1-19(8-7-11-20-9-5-4-6-10-20)21-12-14-25(2,30)22-13-15-26(31,23(22)18-21)16-17-29-24(27)28-3/h4-6,9-10,21-23,30-31H,1,7-8,11-18H2,2-3H3,(H3,27,28,29). The molecule has 0 heterocycles. The maximum absolute atomic E-state index is 11.6. The van der Waals surface area contributed by atoms with Gasteiger partial charge >= 0.3 is 0 Å². The average Bonchev–Trinajstić information content (AvgIpc) is 3.00. The molecule has 3 rings (SSSR count). The molecular formula is C26H41N3O2. The Hall–Kier alpha value is -1.85. The summed E-state index contributed by atoms with van der Waals surface area (Å²) in [5.74, 6) is 0.979. The van der Waals surface area contributed by atoms with Gasteiger partial charge in [0.15, 0.2) is 5.96 Å². The van der Waals surface area contributed by atoms with Crippen LogP contribution in [0.2, 0.25) is 0 Å². The number of hydrogen-bond donors (Lipinski definition) is 4. The van der Waals surface area contributed by atoms with Gasteiger partial charge in [0.25, 0.3) is 0 Å². The van der Waals surface area contributed by atoms with E-state index in [1.807, 2.05) is 6.92 Å². The zero-order valence-corrected chi connectivity index (χ0v) is 19.3. The molecule has 0 amide bonds. The second-order valence-electron chi connectivity index (χ2n) is 9.97. The first-order chi connectivity index (χ1) is 14.7. The molecule has 1 aromatic rings. The van der Waals surface area contributed by atoms with Crippen LogP contribution in [-0.4, -0.2) is 41.0 Å². The van der Waals surface area contributed by atoms with Gasteiger partial charge in [-0.2, -0.15) is 0 Å². The van der Waals surface area contributed by atoms with Crippen molar-refractivity contribution in [1.82, 2.24) is 5.32 Å². The van der Waals surface area contributed by atoms with Crippen LogP contribution in [0.5, 0.6) is 0 Å². The lowest BCUT2D eigenvalue weighted by atomic mass is 9.74. The largest absolute Gasteiger partial charge is 0.390 e. The van der Waals surface area contributed by atoms with E-state index in [1.165, 1.54) is 11.1 Å². The van der Waals surface area contributed by atoms with Crippen LogP contribution in [0.1, 0.15) is 63.9 Å². The molecule has 2 aliphatic rings. The Morgan fingerprint density at radius 2 is 1.94 bits per heavy atom. The SMILES string of the molecule is C=C(CCCc1ccccc1)C1CCC(C)(O)C2CCC(O)(CCNC(N)=NC)C2C1. The molecule has 0 bridgehead atoms. The summed E-state index contributed by atoms with van der Waals surface area (Å²) in [7, 11) is 1.65. The lowest BCUT2D eigenvalue weighted by Gasteiger charge is -2.37. The Balaban J connectivity index is 1.63. The number of allylic oxidation sites excluding steroid dienone is 1. The van der Waals surface area contributed by atoms with Crippen molar-refractivity contribution in [2.24, 2.45) is 28.5 Å². The molecule has 0 radical (unpaired) electrons. The lowest BCUT2D eigenvalue weighted by molar-refractivity contribution is -0.0642. The predicted octanol–water partition coefficient (Wildman–Crippen LogP) is 3.80. The van der Waals surface area contributed by atoms with Gasteiger partial charge in [-0.25, -0.2) is 0 Å². The zero-order chi connectivity index (χ0) is 22.5. The van der Waals surface area contributed by atoms with Crippen LogP contribution >= 0.6 is 0 Å². The van der Waals surface area contributed by atoms with Gasteiger partial charge < -0.3 is 21.3 Å². The Morgan fingerprint density at radius 1 is 1.19 bits per heavy atom. The first-order valence-corrected chi connectivity index (χ1v) is 11.9. The van der Waals surface area contributed by atoms with E-state index in [0.717, 1.165) is 51.4 Å². The number of rotatable bonds is 8. The minimum atomic E-state index is -0.775. The molecule has 5 nitrogen and oxygen atoms in total. The van der Waals surface area contributed by atoms with E-state index in [-0.39, 0.29) is 11.8 Å². The summed E-state index contributed by atoms with van der Waals surface area (Å²) >= 11 is 0. The molecule has 2 aliphatic carbocycles. The van der Waals surface area contributed by atoms with Crippen LogP contribution in [-0.2, 0) is 6.42 Å². The highest BCUT2D eigenvalue weighted by atomic mass is 16.3. The molecule has 0 saturated heterocycles. The van der Waals surface area contributed by atoms with Crippen LogP contribution in [0, 0.1) is 17.8 Å². The van der Waals surface area contributed by atoms with Gasteiger partial charge in [-0.05, 0) is 88.0 Å². The predicted molar refractivity (Wildman–Crippen MR) is 128 cm³/mol. The number of benzene rings is 1. The van der Waals surface area contributed by atoms with Gasteiger partial charge in [0.1, 0.15) is 0 Å². The van der Waals surface area contributed by atoms with Gasteiger partial charge in [-0.15, -0.1) is 0 Å². The highest BCUT2D eigenvalue weighted by Gasteiger charge is 2.54. The molecule has 2 fully saturated rings. The van der Waals surface area contributed by atoms with E-state index in [1.54, 1.807) is 7.05 Å². The fourth-order valence-electron chi connectivity index (χ4n) is 5.91. The van der Waals surface area contributed by atoms with Gasteiger partial charge in [-0.1, -0.05) is 42.5 Å². The van der Waals surface area contributed by atoms with Crippen molar-refractivity contribution >= 4 is 5.96 Å². The summed E-state index contributed by atoms with van der Waals surface area (Å²) in [6, 6.07) is 10.6. The van der Waals surface area contributed by atoms with Crippen molar-refractivity contribution < 1.29 is 10.2 Å². The summed E-state index contributed by atoms with van der Waals surface area (Å²) < 4.78 is 0. The number of guanidine groups is 1. The normalized spacial score (nSPS) is 33.5. The number of aryl methyl sites for hydroxylation is 1. The number of hydrogen-bond acceptors (Lipinski definition) is 3. The molecule has 0 aliphatic heterocycles. The molecule has 2 saturated carbocycles. The number of aliphatic imine (C=N–C) groups is 1. The van der Waals surface area contributed by atoms with E-state index in [4.69, 9.17) is 5.73 Å². The first kappa shape index (κ1) is 23.8. The fraction of sp³-hybridized carbons (Fsp3) is 0.654. The minimum absolute atomic E-state index is 0.0856. The molecule has 1 aromatic carbocycles. The molecule has 5 heteroatoms. The highest BCUT2D eigenvalue weighted by Crippen LogP contribution is 2.54. The third kappa shape index (κ3) is 5.89. The third-order valence-corrected chi connectivity index (χ3v) is 7.89. The minimum Gasteiger partial charge on any atom is -0.390 e. The third-order valence-electron chi connectivity index (χ3n) is 7.89. The summed E-state index contributed by atoms with van der Waals surface area (Å²) in [4.78, 5) is 3.93. The van der Waals surface area contributed by atoms with E-state index >= 15 is 0 Å². The van der Waals surface area contributed by atoms with Crippen molar-refractivity contribution in [1.29, 1.82) is 0 Å². The average molecular weight is 428 g/mol. The van der Waals surface area contributed by atoms with Crippen molar-refractivity contribution in [2.45, 2.75) is 75.9 Å². The molecule has 0 spiro atoms. The molecule has 172 valence electrons. The van der Waals surface area contributed by atoms with Crippen LogP contribution in [0.15, 0.2) is 47.5 Å². The Labute approximate surface area is 187 Å². The number of nitrogens with one attached hydrogen (secondary N) is 1. The molecule has 0 aromatic heterocycles. The smallest absolute Gasteiger partial charge is 0.188 e. The van der Waals surface area contributed by atoms with Crippen molar-refractivity contribution in [2.75, 3.05) is 13.6 Å². The fourth-order valence-corrected chi connectivity index (χ4v) is 5.91. The summed E-state index contributed by atoms with van der Waals surface area (Å²) in [5.41, 5.74) is 6.90. The first-order valence-electron chi connectivity index (χ1n) is 11.9. The number of aliphatic hydroxyl groups is 2. The van der Waals surface area contributed by atoms with Gasteiger partial charge in [0.05, 0.1) is 11.2 Å². The second-order valence-corrected chi connectivity index (χ2v) is 9.97. The number of nitrogens with zero attached hydrogens (tertiary/aromatic N) is 1. The number of fused-ring (bicyclic) bond motifs is 1. The summed E-state index contributed by atoms with van der Waals surface area (Å²) in [6.07, 6.45) is 8.03. The Bertz CT molecular complexity index is 761. The van der Waals surface area contributed by atoms with E-state index in [2.05, 4.69) is 47.2 Å². The highest BCUT2D eigenvalue weighted by molar-refractivity contribution is 5.77. The van der Waals surface area contributed by atoms with Gasteiger partial charge in [0.2, 0.25) is 0 Å². The van der Waals surface area contributed by atoms with Crippen molar-refractivity contribution in [3.63, 3.8) is 0 Å². The Kier molecular flexibility index (Phi) is 7.82. The van der Waals surface area contributed by atoms with Crippen LogP contribution in [0.3, 0.4) is 0 Å². The Morgan fingerprint density at radius 3 is 2.65 bits per heavy atom. The van der Waals surface area contributed by atoms with Gasteiger partial charge in [0, 0.05) is 13.6 Å². The maximum atomic E-state index is 11.6. The second kappa shape index (κ2) is 10.2. The van der Waals surface area contributed by atoms with Crippen LogP contribution in [0.25, 0.3) is 0 Å². The summed E-state index contributed by atoms with van der Waals surface area (Å²) in [5, 5.41) is 25.9. The molecule has 31 heavy (non-hydrogen) atoms. The zero-order valence-electron chi connectivity index (χ0n) is 19.3.